The molecule has 1 amide bonds. The van der Waals surface area contributed by atoms with Gasteiger partial charge in [0.25, 0.3) is 0 Å². The van der Waals surface area contributed by atoms with Crippen LogP contribution in [0.3, 0.4) is 0 Å². The molecule has 0 heterocycles. The monoisotopic (exact) mass is 284 g/mol. The van der Waals surface area contributed by atoms with E-state index in [-0.39, 0.29) is 18.5 Å². The highest BCUT2D eigenvalue weighted by atomic mass is 35.5. The second-order valence-corrected chi connectivity index (χ2v) is 4.83. The van der Waals surface area contributed by atoms with Crippen molar-refractivity contribution in [2.75, 3.05) is 13.6 Å². The van der Waals surface area contributed by atoms with Crippen LogP contribution in [0.25, 0.3) is 0 Å². The van der Waals surface area contributed by atoms with Crippen molar-refractivity contribution in [3.8, 4) is 5.75 Å². The highest BCUT2D eigenvalue weighted by Crippen LogP contribution is 2.29. The molecule has 0 fully saturated rings. The van der Waals surface area contributed by atoms with Crippen molar-refractivity contribution in [1.82, 2.24) is 4.90 Å². The van der Waals surface area contributed by atoms with Crippen LogP contribution in [0.2, 0.25) is 0 Å². The molecule has 0 saturated heterocycles. The molecule has 1 aromatic rings. The van der Waals surface area contributed by atoms with Gasteiger partial charge in [-0.3, -0.25) is 0 Å². The van der Waals surface area contributed by atoms with E-state index < -0.39 is 0 Å². The topological polar surface area (TPSA) is 57.2 Å². The van der Waals surface area contributed by atoms with Gasteiger partial charge < -0.3 is 27.8 Å². The molecule has 19 heavy (non-hydrogen) atoms. The Morgan fingerprint density at radius 1 is 1.53 bits per heavy atom. The fourth-order valence-electron chi connectivity index (χ4n) is 2.25. The third kappa shape index (κ3) is 3.61. The number of ether oxygens (including phenoxy) is 1. The van der Waals surface area contributed by atoms with E-state index >= 15 is 0 Å². The van der Waals surface area contributed by atoms with Gasteiger partial charge in [0.2, 0.25) is 0 Å². The first-order chi connectivity index (χ1) is 8.61. The summed E-state index contributed by atoms with van der Waals surface area (Å²) in [5, 5.41) is 0. The molecule has 106 valence electrons. The van der Waals surface area contributed by atoms with Crippen molar-refractivity contribution in [3.63, 3.8) is 0 Å². The van der Waals surface area contributed by atoms with Crippen LogP contribution < -0.4 is 22.9 Å². The Morgan fingerprint density at radius 2 is 2.26 bits per heavy atom. The van der Waals surface area contributed by atoms with Crippen LogP contribution in [0, 0.1) is 0 Å². The SMILES string of the molecule is CCN(C)C(=O)Oc1ccc2c(c1)C([NH3+])CCC2.[Cl-]. The number of nitrogens with zero attached hydrogens (tertiary/aromatic N) is 1. The van der Waals surface area contributed by atoms with E-state index in [9.17, 15) is 4.79 Å². The van der Waals surface area contributed by atoms with E-state index in [1.165, 1.54) is 17.5 Å². The molecule has 1 unspecified atom stereocenters. The average molecular weight is 285 g/mol. The number of rotatable bonds is 2. The smallest absolute Gasteiger partial charge is 0.414 e. The summed E-state index contributed by atoms with van der Waals surface area (Å²) in [4.78, 5) is 13.2. The third-order valence-electron chi connectivity index (χ3n) is 3.55. The van der Waals surface area contributed by atoms with Gasteiger partial charge in [-0.15, -0.1) is 0 Å². The molecule has 1 aliphatic rings. The molecule has 4 nitrogen and oxygen atoms in total. The zero-order chi connectivity index (χ0) is 13.1. The molecule has 0 spiro atoms. The van der Waals surface area contributed by atoms with Gasteiger partial charge in [-0.25, -0.2) is 4.79 Å². The molecule has 2 rings (SSSR count). The van der Waals surface area contributed by atoms with E-state index in [0.717, 1.165) is 12.8 Å². The summed E-state index contributed by atoms with van der Waals surface area (Å²) in [6.07, 6.45) is 3.09. The summed E-state index contributed by atoms with van der Waals surface area (Å²) in [5.74, 6) is 0.620. The Balaban J connectivity index is 0.00000180. The van der Waals surface area contributed by atoms with Crippen LogP contribution in [0.15, 0.2) is 18.2 Å². The maximum atomic E-state index is 11.7. The van der Waals surface area contributed by atoms with E-state index in [2.05, 4.69) is 11.8 Å². The fraction of sp³-hybridized carbons (Fsp3) is 0.500. The third-order valence-corrected chi connectivity index (χ3v) is 3.55. The number of aryl methyl sites for hydroxylation is 1. The van der Waals surface area contributed by atoms with Crippen molar-refractivity contribution < 1.29 is 27.7 Å². The molecule has 0 radical (unpaired) electrons. The van der Waals surface area contributed by atoms with Crippen LogP contribution in [0.1, 0.15) is 36.9 Å². The number of fused-ring (bicyclic) bond motifs is 1. The van der Waals surface area contributed by atoms with Crippen LogP contribution in [0.5, 0.6) is 5.75 Å². The molecular weight excluding hydrogens is 264 g/mol. The van der Waals surface area contributed by atoms with Crippen molar-refractivity contribution in [2.24, 2.45) is 0 Å². The summed E-state index contributed by atoms with van der Waals surface area (Å²) in [6, 6.07) is 6.21. The first kappa shape index (κ1) is 15.8. The molecule has 5 heteroatoms. The van der Waals surface area contributed by atoms with Crippen LogP contribution in [-0.2, 0) is 6.42 Å². The maximum absolute atomic E-state index is 11.7. The van der Waals surface area contributed by atoms with Gasteiger partial charge in [0.1, 0.15) is 11.8 Å². The number of hydrogen-bond donors (Lipinski definition) is 1. The van der Waals surface area contributed by atoms with E-state index in [4.69, 9.17) is 4.74 Å². The predicted octanol–water partition coefficient (Wildman–Crippen LogP) is -1.24. The van der Waals surface area contributed by atoms with Gasteiger partial charge in [0.05, 0.1) is 0 Å². The molecule has 1 aromatic carbocycles. The first-order valence-electron chi connectivity index (χ1n) is 6.50. The Morgan fingerprint density at radius 3 is 2.95 bits per heavy atom. The summed E-state index contributed by atoms with van der Waals surface area (Å²) >= 11 is 0. The maximum Gasteiger partial charge on any atom is 0.414 e. The van der Waals surface area contributed by atoms with Crippen LogP contribution in [-0.4, -0.2) is 24.6 Å². The van der Waals surface area contributed by atoms with Gasteiger partial charge in [-0.1, -0.05) is 6.07 Å². The van der Waals surface area contributed by atoms with Gasteiger partial charge in [-0.2, -0.15) is 0 Å². The number of carbonyl (C=O) groups is 1. The number of hydrogen-bond acceptors (Lipinski definition) is 2. The minimum atomic E-state index is -0.311. The zero-order valence-electron chi connectivity index (χ0n) is 11.5. The highest BCUT2D eigenvalue weighted by molar-refractivity contribution is 5.70. The van der Waals surface area contributed by atoms with Gasteiger partial charge in [-0.05, 0) is 37.5 Å². The molecule has 0 aliphatic heterocycles. The number of benzene rings is 1. The summed E-state index contributed by atoms with van der Waals surface area (Å²) in [6.45, 7) is 2.56. The number of carbonyl (C=O) groups excluding carboxylic acids is 1. The molecule has 1 aliphatic carbocycles. The number of halogens is 1. The summed E-state index contributed by atoms with van der Waals surface area (Å²) in [7, 11) is 1.73. The second kappa shape index (κ2) is 6.78. The fourth-order valence-corrected chi connectivity index (χ4v) is 2.25. The molecule has 0 bridgehead atoms. The number of amides is 1. The summed E-state index contributed by atoms with van der Waals surface area (Å²) in [5.41, 5.74) is 6.72. The Labute approximate surface area is 120 Å². The van der Waals surface area contributed by atoms with Crippen molar-refractivity contribution in [3.05, 3.63) is 29.3 Å². The minimum absolute atomic E-state index is 0. The van der Waals surface area contributed by atoms with E-state index in [1.54, 1.807) is 11.9 Å². The van der Waals surface area contributed by atoms with Crippen molar-refractivity contribution >= 4 is 6.09 Å². The van der Waals surface area contributed by atoms with Crippen molar-refractivity contribution in [1.29, 1.82) is 0 Å². The Kier molecular flexibility index (Phi) is 5.63. The Hall–Kier alpha value is -1.26. The molecule has 3 N–H and O–H groups in total. The van der Waals surface area contributed by atoms with Gasteiger partial charge in [0.15, 0.2) is 0 Å². The number of quaternary nitrogens is 1. The van der Waals surface area contributed by atoms with E-state index in [0.29, 0.717) is 18.3 Å². The normalized spacial score (nSPS) is 17.1. The predicted molar refractivity (Wildman–Crippen MR) is 69.3 cm³/mol. The second-order valence-electron chi connectivity index (χ2n) is 4.83. The van der Waals surface area contributed by atoms with Crippen LogP contribution >= 0.6 is 0 Å². The molecular formula is C14H21ClN2O2. The minimum Gasteiger partial charge on any atom is -1.00 e. The van der Waals surface area contributed by atoms with Gasteiger partial charge in [0, 0.05) is 25.6 Å². The quantitative estimate of drug-likeness (QED) is 0.739. The van der Waals surface area contributed by atoms with Crippen LogP contribution in [0.4, 0.5) is 4.79 Å². The zero-order valence-corrected chi connectivity index (χ0v) is 12.2. The first-order valence-corrected chi connectivity index (χ1v) is 6.50. The lowest BCUT2D eigenvalue weighted by molar-refractivity contribution is -0.429. The van der Waals surface area contributed by atoms with E-state index in [1.807, 2.05) is 19.1 Å². The molecule has 0 aromatic heterocycles. The average Bonchev–Trinajstić information content (AvgIpc) is 2.38. The Bertz CT molecular complexity index is 451. The lowest BCUT2D eigenvalue weighted by Gasteiger charge is -2.21. The molecule has 1 atom stereocenters. The largest absolute Gasteiger partial charge is 1.00 e. The molecule has 0 saturated carbocycles. The highest BCUT2D eigenvalue weighted by Gasteiger charge is 2.20. The van der Waals surface area contributed by atoms with Crippen molar-refractivity contribution in [2.45, 2.75) is 32.2 Å². The van der Waals surface area contributed by atoms with Gasteiger partial charge >= 0.3 is 6.09 Å². The summed E-state index contributed by atoms with van der Waals surface area (Å²) < 4.78 is 5.34. The standard InChI is InChI=1S/C14H20N2O2.ClH/c1-3-16(2)14(17)18-11-8-7-10-5-4-6-13(15)12(10)9-11;/h7-9,13H,3-6,15H2,1-2H3;1H. The lowest BCUT2D eigenvalue weighted by atomic mass is 9.88. The lowest BCUT2D eigenvalue weighted by Crippen LogP contribution is -3.00.